The minimum absolute atomic E-state index is 0.0734. The number of nitrogens with zero attached hydrogens (tertiary/aromatic N) is 1. The molecule has 2 fully saturated rings. The lowest BCUT2D eigenvalue weighted by Crippen LogP contribution is -2.59. The fourth-order valence-corrected chi connectivity index (χ4v) is 6.92. The first-order chi connectivity index (χ1) is 20.2. The van der Waals surface area contributed by atoms with E-state index in [1.807, 2.05) is 24.3 Å². The lowest BCUT2D eigenvalue weighted by atomic mass is 9.92. The standard InChI is InChI=1S/C32H41N5O5/c1-3-5-6-7-15-25(28(38)30(40)34-16-4-2)35-29(39)27-24-14-10-13-22(24)19-37(27)31(41)26(36-32(33)42)23-17-20-11-8-9-12-21(20)18-23/h1,4,8-9,11-12,22-27H,2,5-7,10,13-19H2,(H,34,40)(H,35,39)(H3,33,36,42)/t22-,24-,25?,26-,27-/m0/s1. The van der Waals surface area contributed by atoms with Gasteiger partial charge in [0.1, 0.15) is 12.1 Å². The second-order valence-electron chi connectivity index (χ2n) is 11.6. The number of unbranched alkanes of at least 4 members (excludes halogenated alkanes) is 2. The Bertz CT molecular complexity index is 1230. The second kappa shape index (κ2) is 14.2. The van der Waals surface area contributed by atoms with E-state index >= 15 is 0 Å². The van der Waals surface area contributed by atoms with Crippen molar-refractivity contribution in [2.45, 2.75) is 75.9 Å². The van der Waals surface area contributed by atoms with Crippen molar-refractivity contribution in [1.29, 1.82) is 0 Å². The molecule has 1 saturated heterocycles. The number of rotatable bonds is 13. The molecule has 4 rings (SSSR count). The van der Waals surface area contributed by atoms with E-state index in [0.717, 1.165) is 30.4 Å². The van der Waals surface area contributed by atoms with Gasteiger partial charge in [-0.3, -0.25) is 19.2 Å². The van der Waals surface area contributed by atoms with Crippen LogP contribution in [0.4, 0.5) is 4.79 Å². The Morgan fingerprint density at radius 2 is 1.81 bits per heavy atom. The van der Waals surface area contributed by atoms with E-state index in [-0.39, 0.29) is 36.6 Å². The van der Waals surface area contributed by atoms with Crippen LogP contribution >= 0.6 is 0 Å². The number of benzene rings is 1. The summed E-state index contributed by atoms with van der Waals surface area (Å²) < 4.78 is 0. The number of hydrogen-bond donors (Lipinski definition) is 4. The van der Waals surface area contributed by atoms with Gasteiger partial charge in [0.05, 0.1) is 6.04 Å². The Kier molecular flexibility index (Phi) is 10.4. The van der Waals surface area contributed by atoms with Crippen molar-refractivity contribution in [3.8, 4) is 12.3 Å². The summed E-state index contributed by atoms with van der Waals surface area (Å²) in [6, 6.07) is 4.37. The van der Waals surface area contributed by atoms with Gasteiger partial charge in [0.2, 0.25) is 17.6 Å². The SMILES string of the molecule is C#CCCCCC(NC(=O)[C@@H]1[C@H]2CCC[C@H]2CN1C(=O)[C@@H](NC(N)=O)C1Cc2ccccc2C1)C(=O)C(=O)NCC=C. The molecule has 5 atom stereocenters. The van der Waals surface area contributed by atoms with Gasteiger partial charge in [-0.25, -0.2) is 4.79 Å². The van der Waals surface area contributed by atoms with Crippen LogP contribution in [0.1, 0.15) is 56.1 Å². The number of carbonyl (C=O) groups is 5. The highest BCUT2D eigenvalue weighted by Crippen LogP contribution is 2.43. The molecule has 0 bridgehead atoms. The van der Waals surface area contributed by atoms with Gasteiger partial charge in [0.25, 0.3) is 5.91 Å². The molecule has 1 saturated carbocycles. The van der Waals surface area contributed by atoms with E-state index < -0.39 is 41.8 Å². The first kappa shape index (κ1) is 30.8. The Morgan fingerprint density at radius 3 is 2.45 bits per heavy atom. The molecule has 1 aromatic rings. The molecule has 10 heteroatoms. The fourth-order valence-electron chi connectivity index (χ4n) is 6.92. The molecule has 0 spiro atoms. The predicted octanol–water partition coefficient (Wildman–Crippen LogP) is 1.62. The van der Waals surface area contributed by atoms with E-state index in [9.17, 15) is 24.0 Å². The van der Waals surface area contributed by atoms with Crippen LogP contribution in [-0.4, -0.2) is 65.7 Å². The van der Waals surface area contributed by atoms with Crippen LogP contribution < -0.4 is 21.7 Å². The average molecular weight is 576 g/mol. The summed E-state index contributed by atoms with van der Waals surface area (Å²) in [4.78, 5) is 67.3. The Morgan fingerprint density at radius 1 is 1.10 bits per heavy atom. The number of primary amides is 1. The van der Waals surface area contributed by atoms with E-state index in [1.54, 1.807) is 4.90 Å². The molecule has 1 unspecified atom stereocenters. The normalized spacial score (nSPS) is 22.3. The Labute approximate surface area is 247 Å². The summed E-state index contributed by atoms with van der Waals surface area (Å²) in [6.45, 7) is 4.06. The van der Waals surface area contributed by atoms with Crippen molar-refractivity contribution >= 4 is 29.5 Å². The molecule has 42 heavy (non-hydrogen) atoms. The van der Waals surface area contributed by atoms with Gasteiger partial charge in [-0.1, -0.05) is 36.8 Å². The molecular weight excluding hydrogens is 534 g/mol. The first-order valence-corrected chi connectivity index (χ1v) is 14.8. The fraction of sp³-hybridized carbons (Fsp3) is 0.531. The van der Waals surface area contributed by atoms with Crippen LogP contribution in [0.25, 0.3) is 0 Å². The molecular formula is C32H41N5O5. The zero-order chi connectivity index (χ0) is 30.2. The molecule has 1 aliphatic heterocycles. The third-order valence-corrected chi connectivity index (χ3v) is 8.89. The monoisotopic (exact) mass is 575 g/mol. The number of Topliss-reactive ketones (excluding diaryl/α,β-unsaturated/α-hetero) is 1. The first-order valence-electron chi connectivity index (χ1n) is 14.8. The van der Waals surface area contributed by atoms with Crippen LogP contribution in [0.15, 0.2) is 36.9 Å². The maximum absolute atomic E-state index is 14.2. The third kappa shape index (κ3) is 7.01. The van der Waals surface area contributed by atoms with E-state index in [2.05, 4.69) is 28.4 Å². The van der Waals surface area contributed by atoms with E-state index in [4.69, 9.17) is 12.2 Å². The maximum Gasteiger partial charge on any atom is 0.312 e. The van der Waals surface area contributed by atoms with Gasteiger partial charge in [-0.15, -0.1) is 18.9 Å². The largest absolute Gasteiger partial charge is 0.352 e. The van der Waals surface area contributed by atoms with Crippen LogP contribution in [0.3, 0.4) is 0 Å². The topological polar surface area (TPSA) is 151 Å². The number of nitrogens with two attached hydrogens (primary N) is 1. The molecule has 3 aliphatic rings. The van der Waals surface area contributed by atoms with E-state index in [0.29, 0.717) is 38.6 Å². The average Bonchev–Trinajstić information content (AvgIpc) is 3.69. The smallest absolute Gasteiger partial charge is 0.312 e. The zero-order valence-corrected chi connectivity index (χ0v) is 24.0. The van der Waals surface area contributed by atoms with Crippen molar-refractivity contribution in [3.63, 3.8) is 0 Å². The number of nitrogens with one attached hydrogen (secondary N) is 3. The summed E-state index contributed by atoms with van der Waals surface area (Å²) in [5.41, 5.74) is 7.78. The number of carbonyl (C=O) groups excluding carboxylic acids is 5. The Hall–Kier alpha value is -4.13. The molecule has 1 heterocycles. The Balaban J connectivity index is 1.55. The highest BCUT2D eigenvalue weighted by atomic mass is 16.2. The molecule has 1 aromatic carbocycles. The number of amides is 5. The minimum Gasteiger partial charge on any atom is -0.352 e. The molecule has 5 amide bonds. The van der Waals surface area contributed by atoms with Gasteiger partial charge in [-0.2, -0.15) is 0 Å². The maximum atomic E-state index is 14.2. The quantitative estimate of drug-likeness (QED) is 0.122. The number of likely N-dealkylation sites (tertiary alicyclic amines) is 1. The number of hydrogen-bond acceptors (Lipinski definition) is 5. The van der Waals surface area contributed by atoms with Crippen molar-refractivity contribution in [3.05, 3.63) is 48.0 Å². The summed E-state index contributed by atoms with van der Waals surface area (Å²) in [6.07, 6.45) is 12.6. The zero-order valence-electron chi connectivity index (χ0n) is 24.0. The number of fused-ring (bicyclic) bond motifs is 2. The molecule has 10 nitrogen and oxygen atoms in total. The van der Waals surface area contributed by atoms with E-state index in [1.165, 1.54) is 6.08 Å². The second-order valence-corrected chi connectivity index (χ2v) is 11.6. The van der Waals surface area contributed by atoms with Gasteiger partial charge in [-0.05, 0) is 73.8 Å². The van der Waals surface area contributed by atoms with Crippen LogP contribution in [0, 0.1) is 30.1 Å². The molecule has 2 aliphatic carbocycles. The van der Waals surface area contributed by atoms with Gasteiger partial charge < -0.3 is 26.6 Å². The van der Waals surface area contributed by atoms with Crippen LogP contribution in [0.5, 0.6) is 0 Å². The summed E-state index contributed by atoms with van der Waals surface area (Å²) >= 11 is 0. The lowest BCUT2D eigenvalue weighted by molar-refractivity contribution is -0.144. The minimum atomic E-state index is -1.05. The van der Waals surface area contributed by atoms with Crippen LogP contribution in [0.2, 0.25) is 0 Å². The summed E-state index contributed by atoms with van der Waals surface area (Å²) in [5.74, 6) is 0.0614. The number of urea groups is 1. The lowest BCUT2D eigenvalue weighted by Gasteiger charge is -2.33. The van der Waals surface area contributed by atoms with Crippen molar-refractivity contribution < 1.29 is 24.0 Å². The van der Waals surface area contributed by atoms with Crippen LogP contribution in [-0.2, 0) is 32.0 Å². The van der Waals surface area contributed by atoms with Crippen molar-refractivity contribution in [1.82, 2.24) is 20.9 Å². The van der Waals surface area contributed by atoms with Gasteiger partial charge >= 0.3 is 6.03 Å². The molecule has 0 radical (unpaired) electrons. The predicted molar refractivity (Wildman–Crippen MR) is 158 cm³/mol. The highest BCUT2D eigenvalue weighted by Gasteiger charge is 2.52. The summed E-state index contributed by atoms with van der Waals surface area (Å²) in [5, 5.41) is 7.98. The van der Waals surface area contributed by atoms with Gasteiger partial charge in [0.15, 0.2) is 0 Å². The molecule has 5 N–H and O–H groups in total. The van der Waals surface area contributed by atoms with Gasteiger partial charge in [0, 0.05) is 19.5 Å². The third-order valence-electron chi connectivity index (χ3n) is 8.89. The van der Waals surface area contributed by atoms with Crippen molar-refractivity contribution in [2.24, 2.45) is 23.5 Å². The van der Waals surface area contributed by atoms with Crippen molar-refractivity contribution in [2.75, 3.05) is 13.1 Å². The molecule has 0 aromatic heterocycles. The molecule has 224 valence electrons. The number of ketones is 1. The summed E-state index contributed by atoms with van der Waals surface area (Å²) in [7, 11) is 0. The number of terminal acetylenes is 1. The highest BCUT2D eigenvalue weighted by molar-refractivity contribution is 6.38.